The number of hydrogen-bond donors (Lipinski definition) is 5. The van der Waals surface area contributed by atoms with Crippen molar-refractivity contribution in [1.82, 2.24) is 10.6 Å². The molecule has 0 aliphatic carbocycles. The first-order valence-electron chi connectivity index (χ1n) is 15.4. The number of ether oxygens (including phenoxy) is 5. The monoisotopic (exact) mass is 732 g/mol. The van der Waals surface area contributed by atoms with Crippen molar-refractivity contribution in [2.45, 2.75) is 61.0 Å². The lowest BCUT2D eigenvalue weighted by atomic mass is 9.71. The van der Waals surface area contributed by atoms with Gasteiger partial charge < -0.3 is 50.9 Å². The molecule has 12 nitrogen and oxygen atoms in total. The summed E-state index contributed by atoms with van der Waals surface area (Å²) in [4.78, 5) is 24.4. The van der Waals surface area contributed by atoms with E-state index in [2.05, 4.69) is 43.1 Å². The van der Waals surface area contributed by atoms with E-state index in [9.17, 15) is 14.7 Å². The van der Waals surface area contributed by atoms with Crippen molar-refractivity contribution in [3.05, 3.63) is 29.8 Å². The van der Waals surface area contributed by atoms with E-state index in [4.69, 9.17) is 35.2 Å². The Balaban J connectivity index is 1.69. The van der Waals surface area contributed by atoms with Crippen LogP contribution in [0.5, 0.6) is 5.75 Å². The number of aliphatic hydroxyl groups is 1. The predicted octanol–water partition coefficient (Wildman–Crippen LogP) is 1.60. The Labute approximate surface area is 295 Å². The zero-order valence-electron chi connectivity index (χ0n) is 27.6. The molecule has 0 radical (unpaired) electrons. The first-order valence-corrected chi connectivity index (χ1v) is 20.2. The van der Waals surface area contributed by atoms with Crippen molar-refractivity contribution in [2.24, 2.45) is 11.5 Å². The molecule has 1 heterocycles. The van der Waals surface area contributed by atoms with Crippen LogP contribution in [-0.2, 0) is 23.7 Å². The molecule has 1 saturated heterocycles. The average molecular weight is 733 g/mol. The predicted molar refractivity (Wildman–Crippen MR) is 196 cm³/mol. The molecule has 1 aromatic rings. The van der Waals surface area contributed by atoms with Gasteiger partial charge in [0.1, 0.15) is 35.9 Å². The van der Waals surface area contributed by atoms with Gasteiger partial charge in [-0.25, -0.2) is 0 Å². The van der Waals surface area contributed by atoms with E-state index in [0.717, 1.165) is 0 Å². The van der Waals surface area contributed by atoms with Crippen LogP contribution in [0.15, 0.2) is 24.3 Å². The molecule has 17 heteroatoms. The van der Waals surface area contributed by atoms with Gasteiger partial charge in [0.15, 0.2) is 0 Å². The third kappa shape index (κ3) is 18.3. The Morgan fingerprint density at radius 1 is 1.19 bits per heavy atom. The summed E-state index contributed by atoms with van der Waals surface area (Å²) >= 11 is 0. The molecule has 0 spiro atoms. The molecule has 1 fully saturated rings. The number of hydrogen-bond acceptors (Lipinski definition) is 14. The quantitative estimate of drug-likeness (QED) is 0.0382. The molecule has 2 unspecified atom stereocenters. The lowest BCUT2D eigenvalue weighted by molar-refractivity contribution is -0.126. The van der Waals surface area contributed by atoms with Crippen molar-refractivity contribution in [3.8, 4) is 17.5 Å². The van der Waals surface area contributed by atoms with Gasteiger partial charge in [0, 0.05) is 35.9 Å². The van der Waals surface area contributed by atoms with Crippen molar-refractivity contribution < 1.29 is 38.4 Å². The summed E-state index contributed by atoms with van der Waals surface area (Å²) in [6.07, 6.45) is 1.94. The lowest BCUT2D eigenvalue weighted by Gasteiger charge is -2.22. The van der Waals surface area contributed by atoms with Crippen molar-refractivity contribution in [3.63, 3.8) is 0 Å². The van der Waals surface area contributed by atoms with Gasteiger partial charge >= 0.3 is 0 Å². The highest BCUT2D eigenvalue weighted by Gasteiger charge is 2.37. The molecule has 47 heavy (non-hydrogen) atoms. The highest BCUT2D eigenvalue weighted by molar-refractivity contribution is 8.77. The van der Waals surface area contributed by atoms with E-state index < -0.39 is 6.10 Å². The Bertz CT molecular complexity index is 1130. The second-order valence-corrected chi connectivity index (χ2v) is 17.0. The maximum Gasteiger partial charge on any atom is 0.251 e. The molecule has 1 aliphatic rings. The number of carbonyl (C=O) groups is 2. The summed E-state index contributed by atoms with van der Waals surface area (Å²) in [6.45, 7) is 8.16. The fraction of sp³-hybridized carbons (Fsp3) is 0.667. The van der Waals surface area contributed by atoms with Gasteiger partial charge in [-0.05, 0) is 30.9 Å². The number of nitrogens with one attached hydrogen (secondary N) is 2. The van der Waals surface area contributed by atoms with Gasteiger partial charge in [0.05, 0.1) is 32.5 Å². The number of rotatable bonds is 22. The van der Waals surface area contributed by atoms with Gasteiger partial charge in [-0.15, -0.1) is 0 Å². The standard InChI is InChI=1S/C30H49BN4O8S4/c1-30(2,3)47-46-28(20-41-22-8-5-7-21(15-22)29(38)35-12-10-32)40-14-13-39-19-26(37)34-11-6-9-31-25-16-23(24(18-36)42-25)43-27(17-33)45-44-4/h5,7-8,15,23-25,27-28,31,36H,10-14,16-20,32-33H2,1-4H3,(H,34,37)(H,35,38)/t23-,24?,25-,27-,28?/m1/s1. The lowest BCUT2D eigenvalue weighted by Crippen LogP contribution is -2.33. The Hall–Kier alpha value is -1.30. The van der Waals surface area contributed by atoms with E-state index in [1.165, 1.54) is 0 Å². The smallest absolute Gasteiger partial charge is 0.251 e. The number of benzene rings is 1. The Morgan fingerprint density at radius 3 is 2.70 bits per heavy atom. The molecule has 264 valence electrons. The molecule has 1 aliphatic heterocycles. The minimum Gasteiger partial charge on any atom is -0.490 e. The van der Waals surface area contributed by atoms with Crippen LogP contribution >= 0.6 is 43.2 Å². The maximum atomic E-state index is 12.3. The fourth-order valence-electron chi connectivity index (χ4n) is 3.98. The zero-order valence-corrected chi connectivity index (χ0v) is 30.8. The van der Waals surface area contributed by atoms with Crippen LogP contribution in [0, 0.1) is 11.7 Å². The van der Waals surface area contributed by atoms with E-state index in [1.54, 1.807) is 67.4 Å². The topological polar surface area (TPSA) is 177 Å². The molecule has 0 saturated carbocycles. The summed E-state index contributed by atoms with van der Waals surface area (Å²) in [5, 5.41) is 15.1. The summed E-state index contributed by atoms with van der Waals surface area (Å²) in [5.41, 5.74) is 11.3. The van der Waals surface area contributed by atoms with E-state index in [0.29, 0.717) is 44.6 Å². The molecule has 1 aromatic carbocycles. The SMILES string of the molecule is CSS[C@H](CN)O[C@@H]1C[C@H](BC#CCNC(=O)COCCOC(COc2cccc(C(=O)NCCN)c2)SSC(C)(C)C)OC1CO. The first kappa shape index (κ1) is 41.9. The molecule has 5 atom stereocenters. The number of amides is 2. The maximum absolute atomic E-state index is 12.3. The van der Waals surface area contributed by atoms with Gasteiger partial charge in [-0.2, -0.15) is 5.82 Å². The summed E-state index contributed by atoms with van der Waals surface area (Å²) in [7, 11) is 6.83. The minimum absolute atomic E-state index is 0.00841. The third-order valence-electron chi connectivity index (χ3n) is 6.09. The van der Waals surface area contributed by atoms with Gasteiger partial charge in [0.2, 0.25) is 13.2 Å². The number of aliphatic hydroxyl groups excluding tert-OH is 1. The molecule has 0 aromatic heterocycles. The summed E-state index contributed by atoms with van der Waals surface area (Å²) in [5.74, 6) is 6.03. The first-order chi connectivity index (χ1) is 22.6. The van der Waals surface area contributed by atoms with E-state index in [-0.39, 0.29) is 79.1 Å². The molecule has 0 bridgehead atoms. The van der Waals surface area contributed by atoms with Crippen LogP contribution in [0.25, 0.3) is 0 Å². The summed E-state index contributed by atoms with van der Waals surface area (Å²) in [6, 6.07) is 6.79. The molecule has 2 rings (SSSR count). The van der Waals surface area contributed by atoms with Crippen LogP contribution < -0.4 is 26.8 Å². The Kier molecular flexibility index (Phi) is 21.3. The summed E-state index contributed by atoms with van der Waals surface area (Å²) < 4.78 is 29.4. The Morgan fingerprint density at radius 2 is 2.00 bits per heavy atom. The second-order valence-electron chi connectivity index (χ2n) is 11.2. The molecular formula is C30H49BN4O8S4. The normalized spacial score (nSPS) is 18.9. The van der Waals surface area contributed by atoms with E-state index >= 15 is 0 Å². The van der Waals surface area contributed by atoms with Crippen LogP contribution in [0.2, 0.25) is 0 Å². The van der Waals surface area contributed by atoms with Gasteiger partial charge in [-0.3, -0.25) is 9.59 Å². The fourth-order valence-corrected chi connectivity index (χ4v) is 7.67. The molecule has 2 amide bonds. The van der Waals surface area contributed by atoms with Gasteiger partial charge in [0.25, 0.3) is 5.91 Å². The average Bonchev–Trinajstić information content (AvgIpc) is 3.44. The van der Waals surface area contributed by atoms with Crippen molar-refractivity contribution in [2.75, 3.05) is 65.5 Å². The van der Waals surface area contributed by atoms with E-state index in [1.807, 2.05) is 6.26 Å². The molecule has 7 N–H and O–H groups in total. The largest absolute Gasteiger partial charge is 0.490 e. The van der Waals surface area contributed by atoms with Crippen LogP contribution in [0.3, 0.4) is 0 Å². The minimum atomic E-state index is -0.406. The number of carbonyl (C=O) groups excluding carboxylic acids is 2. The third-order valence-corrected chi connectivity index (χ3v) is 11.5. The highest BCUT2D eigenvalue weighted by Crippen LogP contribution is 2.38. The molecular weight excluding hydrogens is 683 g/mol. The van der Waals surface area contributed by atoms with Crippen LogP contribution in [-0.4, -0.2) is 123 Å². The second kappa shape index (κ2) is 24.0. The van der Waals surface area contributed by atoms with Crippen molar-refractivity contribution >= 4 is 62.3 Å². The van der Waals surface area contributed by atoms with Crippen LogP contribution in [0.4, 0.5) is 0 Å². The number of nitrogens with two attached hydrogens (primary N) is 2. The van der Waals surface area contributed by atoms with Crippen LogP contribution in [0.1, 0.15) is 37.6 Å². The van der Waals surface area contributed by atoms with Crippen molar-refractivity contribution in [1.29, 1.82) is 0 Å². The zero-order chi connectivity index (χ0) is 34.5. The highest BCUT2D eigenvalue weighted by atomic mass is 33.1. The van der Waals surface area contributed by atoms with Gasteiger partial charge in [-0.1, -0.05) is 75.9 Å².